The summed E-state index contributed by atoms with van der Waals surface area (Å²) in [6, 6.07) is 4.89. The topological polar surface area (TPSA) is 3.24 Å². The van der Waals surface area contributed by atoms with Crippen LogP contribution in [0.1, 0.15) is 25.3 Å². The van der Waals surface area contributed by atoms with E-state index >= 15 is 0 Å². The highest BCUT2D eigenvalue weighted by Gasteiger charge is 2.09. The van der Waals surface area contributed by atoms with Crippen LogP contribution in [0.5, 0.6) is 0 Å². The van der Waals surface area contributed by atoms with E-state index < -0.39 is 0 Å². The molecule has 0 N–H and O–H groups in total. The summed E-state index contributed by atoms with van der Waals surface area (Å²) in [7, 11) is 0. The van der Waals surface area contributed by atoms with Crippen LogP contribution < -0.4 is 0 Å². The molecule has 1 nitrogen and oxygen atoms in total. The fourth-order valence-corrected chi connectivity index (χ4v) is 2.32. The molecule has 0 saturated heterocycles. The number of hydrogen-bond donors (Lipinski definition) is 0. The van der Waals surface area contributed by atoms with E-state index in [9.17, 15) is 4.39 Å². The Morgan fingerprint density at radius 1 is 1.35 bits per heavy atom. The Labute approximate surface area is 116 Å². The van der Waals surface area contributed by atoms with Crippen molar-refractivity contribution >= 4 is 27.5 Å². The average molecular weight is 323 g/mol. The standard InChI is InChI=1S/C13H18BrClFN/c1-2-3-7-17(8-6-14)10-11-4-5-12(15)9-13(11)16/h4-5,9H,2-3,6-8,10H2,1H3. The van der Waals surface area contributed by atoms with E-state index in [1.165, 1.54) is 6.07 Å². The zero-order valence-corrected chi connectivity index (χ0v) is 12.4. The number of unbranched alkanes of at least 4 members (excludes halogenated alkanes) is 1. The lowest BCUT2D eigenvalue weighted by molar-refractivity contribution is 0.274. The second kappa shape index (κ2) is 8.06. The van der Waals surface area contributed by atoms with Gasteiger partial charge in [0.2, 0.25) is 0 Å². The van der Waals surface area contributed by atoms with Crippen molar-refractivity contribution in [3.8, 4) is 0 Å². The minimum atomic E-state index is -0.214. The quantitative estimate of drug-likeness (QED) is 0.669. The van der Waals surface area contributed by atoms with E-state index in [1.807, 2.05) is 0 Å². The molecule has 0 aliphatic carbocycles. The summed E-state index contributed by atoms with van der Waals surface area (Å²) in [5.74, 6) is -0.214. The molecule has 1 rings (SSSR count). The van der Waals surface area contributed by atoms with Gasteiger partial charge in [-0.15, -0.1) is 0 Å². The largest absolute Gasteiger partial charge is 0.298 e. The summed E-state index contributed by atoms with van der Waals surface area (Å²) in [5, 5.41) is 1.36. The molecule has 0 atom stereocenters. The lowest BCUT2D eigenvalue weighted by atomic mass is 10.2. The molecular weight excluding hydrogens is 305 g/mol. The number of hydrogen-bond acceptors (Lipinski definition) is 1. The van der Waals surface area contributed by atoms with Crippen molar-refractivity contribution in [2.75, 3.05) is 18.4 Å². The number of halogens is 3. The predicted octanol–water partition coefficient (Wildman–Crippen LogP) is 4.48. The van der Waals surface area contributed by atoms with Gasteiger partial charge in [0.1, 0.15) is 5.82 Å². The third-order valence-corrected chi connectivity index (χ3v) is 3.23. The summed E-state index contributed by atoms with van der Waals surface area (Å²) in [4.78, 5) is 2.25. The van der Waals surface area contributed by atoms with E-state index in [4.69, 9.17) is 11.6 Å². The molecule has 4 heteroatoms. The molecule has 0 spiro atoms. The predicted molar refractivity (Wildman–Crippen MR) is 75.4 cm³/mol. The maximum absolute atomic E-state index is 13.7. The molecule has 0 heterocycles. The Morgan fingerprint density at radius 3 is 2.71 bits per heavy atom. The molecule has 0 fully saturated rings. The smallest absolute Gasteiger partial charge is 0.129 e. The van der Waals surface area contributed by atoms with Crippen LogP contribution in [0, 0.1) is 5.82 Å². The van der Waals surface area contributed by atoms with E-state index in [-0.39, 0.29) is 5.82 Å². The summed E-state index contributed by atoms with van der Waals surface area (Å²) >= 11 is 9.17. The van der Waals surface area contributed by atoms with E-state index in [0.29, 0.717) is 17.1 Å². The van der Waals surface area contributed by atoms with Crippen LogP contribution >= 0.6 is 27.5 Å². The van der Waals surface area contributed by atoms with Gasteiger partial charge in [0, 0.05) is 29.0 Å². The summed E-state index contributed by atoms with van der Waals surface area (Å²) < 4.78 is 13.7. The Hall–Kier alpha value is -0.120. The van der Waals surface area contributed by atoms with Crippen LogP contribution in [0.2, 0.25) is 5.02 Å². The van der Waals surface area contributed by atoms with Gasteiger partial charge in [-0.3, -0.25) is 4.90 Å². The number of benzene rings is 1. The Kier molecular flexibility index (Phi) is 7.09. The Bertz CT molecular complexity index is 346. The number of nitrogens with zero attached hydrogens (tertiary/aromatic N) is 1. The first-order valence-corrected chi connectivity index (χ1v) is 7.39. The summed E-state index contributed by atoms with van der Waals surface area (Å²) in [6.07, 6.45) is 2.30. The van der Waals surface area contributed by atoms with E-state index in [0.717, 1.165) is 31.3 Å². The van der Waals surface area contributed by atoms with Crippen molar-refractivity contribution in [1.82, 2.24) is 4.90 Å². The summed E-state index contributed by atoms with van der Waals surface area (Å²) in [5.41, 5.74) is 0.714. The third-order valence-electron chi connectivity index (χ3n) is 2.64. The fraction of sp³-hybridized carbons (Fsp3) is 0.538. The first-order valence-electron chi connectivity index (χ1n) is 5.89. The molecule has 0 saturated carbocycles. The highest BCUT2D eigenvalue weighted by Crippen LogP contribution is 2.16. The molecule has 17 heavy (non-hydrogen) atoms. The van der Waals surface area contributed by atoms with Crippen LogP contribution in [0.15, 0.2) is 18.2 Å². The lowest BCUT2D eigenvalue weighted by Gasteiger charge is -2.21. The number of alkyl halides is 1. The molecule has 96 valence electrons. The van der Waals surface area contributed by atoms with E-state index in [2.05, 4.69) is 27.8 Å². The minimum Gasteiger partial charge on any atom is -0.298 e. The van der Waals surface area contributed by atoms with Crippen LogP contribution in [-0.4, -0.2) is 23.3 Å². The molecule has 0 radical (unpaired) electrons. The average Bonchev–Trinajstić information content (AvgIpc) is 2.29. The molecule has 0 amide bonds. The van der Waals surface area contributed by atoms with Crippen LogP contribution in [-0.2, 0) is 6.54 Å². The summed E-state index contributed by atoms with van der Waals surface area (Å²) in [6.45, 7) is 4.75. The van der Waals surface area contributed by atoms with Crippen LogP contribution in [0.3, 0.4) is 0 Å². The fourth-order valence-electron chi connectivity index (χ4n) is 1.66. The lowest BCUT2D eigenvalue weighted by Crippen LogP contribution is -2.26. The minimum absolute atomic E-state index is 0.214. The zero-order valence-electron chi connectivity index (χ0n) is 10.1. The van der Waals surface area contributed by atoms with Gasteiger partial charge in [-0.25, -0.2) is 4.39 Å². The van der Waals surface area contributed by atoms with Crippen molar-refractivity contribution < 1.29 is 4.39 Å². The zero-order chi connectivity index (χ0) is 12.7. The molecule has 0 aliphatic heterocycles. The maximum Gasteiger partial charge on any atom is 0.129 e. The second-order valence-corrected chi connectivity index (χ2v) is 5.28. The van der Waals surface area contributed by atoms with Gasteiger partial charge in [-0.1, -0.05) is 46.9 Å². The molecular formula is C13H18BrClFN. The monoisotopic (exact) mass is 321 g/mol. The number of rotatable bonds is 7. The van der Waals surface area contributed by atoms with E-state index in [1.54, 1.807) is 12.1 Å². The van der Waals surface area contributed by atoms with Crippen LogP contribution in [0.25, 0.3) is 0 Å². The second-order valence-electron chi connectivity index (χ2n) is 4.05. The van der Waals surface area contributed by atoms with Crippen molar-refractivity contribution in [3.05, 3.63) is 34.6 Å². The van der Waals surface area contributed by atoms with Gasteiger partial charge < -0.3 is 0 Å². The first-order chi connectivity index (χ1) is 8.17. The SMILES string of the molecule is CCCCN(CCBr)Cc1ccc(Cl)cc1F. The van der Waals surface area contributed by atoms with Gasteiger partial charge in [0.05, 0.1) is 0 Å². The molecule has 0 aromatic heterocycles. The van der Waals surface area contributed by atoms with Gasteiger partial charge in [0.15, 0.2) is 0 Å². The highest BCUT2D eigenvalue weighted by atomic mass is 79.9. The third kappa shape index (κ3) is 5.36. The van der Waals surface area contributed by atoms with Gasteiger partial charge in [-0.05, 0) is 25.1 Å². The van der Waals surface area contributed by atoms with Gasteiger partial charge >= 0.3 is 0 Å². The van der Waals surface area contributed by atoms with Gasteiger partial charge in [-0.2, -0.15) is 0 Å². The van der Waals surface area contributed by atoms with Crippen molar-refractivity contribution in [2.45, 2.75) is 26.3 Å². The molecule has 1 aromatic rings. The highest BCUT2D eigenvalue weighted by molar-refractivity contribution is 9.09. The van der Waals surface area contributed by atoms with Crippen molar-refractivity contribution in [3.63, 3.8) is 0 Å². The Balaban J connectivity index is 2.64. The maximum atomic E-state index is 13.7. The van der Waals surface area contributed by atoms with Crippen molar-refractivity contribution in [2.24, 2.45) is 0 Å². The van der Waals surface area contributed by atoms with Crippen molar-refractivity contribution in [1.29, 1.82) is 0 Å². The normalized spacial score (nSPS) is 11.1. The molecule has 0 bridgehead atoms. The van der Waals surface area contributed by atoms with Gasteiger partial charge in [0.25, 0.3) is 0 Å². The molecule has 0 aliphatic rings. The first kappa shape index (κ1) is 14.9. The molecule has 1 aromatic carbocycles. The Morgan fingerprint density at radius 2 is 2.12 bits per heavy atom. The molecule has 0 unspecified atom stereocenters. The van der Waals surface area contributed by atoms with Crippen LogP contribution in [0.4, 0.5) is 4.39 Å².